The lowest BCUT2D eigenvalue weighted by Crippen LogP contribution is -2.30. The van der Waals surface area contributed by atoms with E-state index in [-0.39, 0.29) is 12.5 Å². The number of para-hydroxylation sites is 1. The van der Waals surface area contributed by atoms with E-state index >= 15 is 0 Å². The second-order valence-corrected chi connectivity index (χ2v) is 6.19. The van der Waals surface area contributed by atoms with Crippen LogP contribution in [0.25, 0.3) is 0 Å². The van der Waals surface area contributed by atoms with E-state index < -0.39 is 5.97 Å². The van der Waals surface area contributed by atoms with Gasteiger partial charge in [0.15, 0.2) is 6.61 Å². The van der Waals surface area contributed by atoms with Crippen LogP contribution in [0.1, 0.15) is 17.3 Å². The fraction of sp³-hybridized carbons (Fsp3) is 0.263. The van der Waals surface area contributed by atoms with Gasteiger partial charge < -0.3 is 14.8 Å². The standard InChI is InChI=1S/C19H21NO4S/c1-2-23-17-11-7-6-10-16(17)19(22)24-14-18(21)20-12-13-25-15-8-4-3-5-9-15/h3-11H,2,12-14H2,1H3,(H,20,21). The minimum atomic E-state index is -0.571. The molecule has 0 bridgehead atoms. The molecule has 0 unspecified atom stereocenters. The van der Waals surface area contributed by atoms with Gasteiger partial charge in [-0.1, -0.05) is 30.3 Å². The van der Waals surface area contributed by atoms with Crippen LogP contribution in [0.3, 0.4) is 0 Å². The van der Waals surface area contributed by atoms with Crippen LogP contribution in [-0.2, 0) is 9.53 Å². The molecule has 2 aromatic rings. The molecular weight excluding hydrogens is 338 g/mol. The van der Waals surface area contributed by atoms with Crippen molar-refractivity contribution in [2.24, 2.45) is 0 Å². The monoisotopic (exact) mass is 359 g/mol. The number of ether oxygens (including phenoxy) is 2. The lowest BCUT2D eigenvalue weighted by atomic mass is 10.2. The van der Waals surface area contributed by atoms with Crippen molar-refractivity contribution in [3.8, 4) is 5.75 Å². The molecule has 132 valence electrons. The van der Waals surface area contributed by atoms with Gasteiger partial charge >= 0.3 is 5.97 Å². The van der Waals surface area contributed by atoms with E-state index in [2.05, 4.69) is 5.32 Å². The number of rotatable bonds is 9. The van der Waals surface area contributed by atoms with Crippen molar-refractivity contribution in [1.29, 1.82) is 0 Å². The summed E-state index contributed by atoms with van der Waals surface area (Å²) < 4.78 is 10.4. The second-order valence-electron chi connectivity index (χ2n) is 5.02. The number of carbonyl (C=O) groups is 2. The minimum absolute atomic E-state index is 0.310. The summed E-state index contributed by atoms with van der Waals surface area (Å²) in [6.45, 7) is 2.48. The highest BCUT2D eigenvalue weighted by atomic mass is 32.2. The third-order valence-corrected chi connectivity index (χ3v) is 4.19. The predicted molar refractivity (Wildman–Crippen MR) is 98.1 cm³/mol. The van der Waals surface area contributed by atoms with Gasteiger partial charge in [-0.2, -0.15) is 0 Å². The van der Waals surface area contributed by atoms with Gasteiger partial charge in [-0.15, -0.1) is 11.8 Å². The quantitative estimate of drug-likeness (QED) is 0.423. The zero-order valence-corrected chi connectivity index (χ0v) is 14.9. The van der Waals surface area contributed by atoms with Crippen molar-refractivity contribution in [3.05, 3.63) is 60.2 Å². The normalized spacial score (nSPS) is 10.1. The van der Waals surface area contributed by atoms with Crippen LogP contribution >= 0.6 is 11.8 Å². The second kappa shape index (κ2) is 10.4. The first-order chi connectivity index (χ1) is 12.2. The maximum atomic E-state index is 12.1. The van der Waals surface area contributed by atoms with E-state index in [0.29, 0.717) is 24.5 Å². The smallest absolute Gasteiger partial charge is 0.342 e. The third kappa shape index (κ3) is 6.51. The van der Waals surface area contributed by atoms with E-state index in [1.165, 1.54) is 0 Å². The first kappa shape index (κ1) is 18.9. The van der Waals surface area contributed by atoms with Crippen LogP contribution in [-0.4, -0.2) is 37.4 Å². The van der Waals surface area contributed by atoms with Crippen molar-refractivity contribution in [3.63, 3.8) is 0 Å². The molecule has 0 fully saturated rings. The summed E-state index contributed by atoms with van der Waals surface area (Å²) in [6, 6.07) is 16.8. The average molecular weight is 359 g/mol. The maximum absolute atomic E-state index is 12.1. The van der Waals surface area contributed by atoms with Gasteiger partial charge in [0.05, 0.1) is 6.61 Å². The van der Waals surface area contributed by atoms with E-state index in [4.69, 9.17) is 9.47 Å². The van der Waals surface area contributed by atoms with E-state index in [1.807, 2.05) is 37.3 Å². The summed E-state index contributed by atoms with van der Waals surface area (Å²) in [5, 5.41) is 2.73. The first-order valence-corrected chi connectivity index (χ1v) is 9.02. The van der Waals surface area contributed by atoms with Gasteiger partial charge in [-0.05, 0) is 31.2 Å². The number of amides is 1. The van der Waals surface area contributed by atoms with E-state index in [1.54, 1.807) is 36.0 Å². The van der Waals surface area contributed by atoms with Crippen molar-refractivity contribution in [2.45, 2.75) is 11.8 Å². The van der Waals surface area contributed by atoms with Crippen molar-refractivity contribution in [2.75, 3.05) is 25.5 Å². The fourth-order valence-corrected chi connectivity index (χ4v) is 2.84. The van der Waals surface area contributed by atoms with E-state index in [0.717, 1.165) is 10.6 Å². The van der Waals surface area contributed by atoms with Crippen molar-refractivity contribution in [1.82, 2.24) is 5.32 Å². The molecule has 0 aliphatic rings. The Morgan fingerprint density at radius 3 is 2.52 bits per heavy atom. The Labute approximate surface area is 151 Å². The Balaban J connectivity index is 1.70. The third-order valence-electron chi connectivity index (χ3n) is 3.18. The van der Waals surface area contributed by atoms with E-state index in [9.17, 15) is 9.59 Å². The molecule has 1 N–H and O–H groups in total. The Bertz CT molecular complexity index is 691. The molecule has 0 radical (unpaired) electrons. The zero-order valence-electron chi connectivity index (χ0n) is 14.1. The lowest BCUT2D eigenvalue weighted by Gasteiger charge is -2.10. The summed E-state index contributed by atoms with van der Waals surface area (Å²) in [5.41, 5.74) is 0.316. The minimum Gasteiger partial charge on any atom is -0.493 e. The highest BCUT2D eigenvalue weighted by Gasteiger charge is 2.14. The van der Waals surface area contributed by atoms with Crippen molar-refractivity contribution >= 4 is 23.6 Å². The van der Waals surface area contributed by atoms with Gasteiger partial charge in [0.1, 0.15) is 11.3 Å². The van der Waals surface area contributed by atoms with Gasteiger partial charge in [0.2, 0.25) is 0 Å². The summed E-state index contributed by atoms with van der Waals surface area (Å²) in [7, 11) is 0. The van der Waals surface area contributed by atoms with Gasteiger partial charge in [0, 0.05) is 17.2 Å². The zero-order chi connectivity index (χ0) is 17.9. The van der Waals surface area contributed by atoms with Crippen LogP contribution in [0.4, 0.5) is 0 Å². The number of hydrogen-bond donors (Lipinski definition) is 1. The van der Waals surface area contributed by atoms with Crippen LogP contribution in [0.2, 0.25) is 0 Å². The summed E-state index contributed by atoms with van der Waals surface area (Å²) >= 11 is 1.65. The molecule has 0 aliphatic carbocycles. The number of esters is 1. The van der Waals surface area contributed by atoms with Gasteiger partial charge in [0.25, 0.3) is 5.91 Å². The van der Waals surface area contributed by atoms with Crippen LogP contribution in [0.5, 0.6) is 5.75 Å². The molecule has 0 spiro atoms. The Kier molecular flexibility index (Phi) is 7.85. The molecule has 6 heteroatoms. The molecular formula is C19H21NO4S. The molecule has 25 heavy (non-hydrogen) atoms. The highest BCUT2D eigenvalue weighted by Crippen LogP contribution is 2.19. The largest absolute Gasteiger partial charge is 0.493 e. The van der Waals surface area contributed by atoms with Gasteiger partial charge in [-0.3, -0.25) is 4.79 Å². The molecule has 2 aromatic carbocycles. The van der Waals surface area contributed by atoms with Gasteiger partial charge in [-0.25, -0.2) is 4.79 Å². The molecule has 0 heterocycles. The highest BCUT2D eigenvalue weighted by molar-refractivity contribution is 7.99. The number of carbonyl (C=O) groups excluding carboxylic acids is 2. The molecule has 0 saturated heterocycles. The Hall–Kier alpha value is -2.47. The molecule has 5 nitrogen and oxygen atoms in total. The summed E-state index contributed by atoms with van der Waals surface area (Å²) in [4.78, 5) is 25.0. The molecule has 2 rings (SSSR count). The molecule has 0 atom stereocenters. The first-order valence-electron chi connectivity index (χ1n) is 8.04. The fourth-order valence-electron chi connectivity index (χ4n) is 2.05. The molecule has 0 saturated carbocycles. The Morgan fingerprint density at radius 2 is 1.76 bits per heavy atom. The maximum Gasteiger partial charge on any atom is 0.342 e. The molecule has 0 aromatic heterocycles. The lowest BCUT2D eigenvalue weighted by molar-refractivity contribution is -0.124. The van der Waals surface area contributed by atoms with Crippen LogP contribution < -0.4 is 10.1 Å². The number of hydrogen-bond acceptors (Lipinski definition) is 5. The number of nitrogens with one attached hydrogen (secondary N) is 1. The molecule has 1 amide bonds. The Morgan fingerprint density at radius 1 is 1.04 bits per heavy atom. The summed E-state index contributed by atoms with van der Waals surface area (Å²) in [5.74, 6) is 0.306. The van der Waals surface area contributed by atoms with Crippen molar-refractivity contribution < 1.29 is 19.1 Å². The average Bonchev–Trinajstić information content (AvgIpc) is 2.65. The topological polar surface area (TPSA) is 64.6 Å². The SMILES string of the molecule is CCOc1ccccc1C(=O)OCC(=O)NCCSc1ccccc1. The molecule has 0 aliphatic heterocycles. The van der Waals surface area contributed by atoms with Crippen LogP contribution in [0, 0.1) is 0 Å². The van der Waals surface area contributed by atoms with Crippen LogP contribution in [0.15, 0.2) is 59.5 Å². The predicted octanol–water partition coefficient (Wildman–Crippen LogP) is 3.15. The number of thioether (sulfide) groups is 1. The number of benzene rings is 2. The summed E-state index contributed by atoms with van der Waals surface area (Å²) in [6.07, 6.45) is 0.